The molecule has 0 bridgehead atoms. The third kappa shape index (κ3) is 6.04. The number of nitrogens with zero attached hydrogens (tertiary/aromatic N) is 4. The summed E-state index contributed by atoms with van der Waals surface area (Å²) in [5, 5.41) is 15.1. The molecule has 0 aliphatic carbocycles. The molecule has 3 aromatic rings. The van der Waals surface area contributed by atoms with E-state index in [2.05, 4.69) is 17.1 Å². The van der Waals surface area contributed by atoms with Gasteiger partial charge >= 0.3 is 0 Å². The Morgan fingerprint density at radius 1 is 0.850 bits per heavy atom. The Kier molecular flexibility index (Phi) is 8.21. The van der Waals surface area contributed by atoms with Gasteiger partial charge in [0.25, 0.3) is 17.5 Å². The number of carbonyl (C=O) groups excluding carboxylic acids is 2. The summed E-state index contributed by atoms with van der Waals surface area (Å²) in [5.74, 6) is 0.175. The molecule has 2 heterocycles. The lowest BCUT2D eigenvalue weighted by molar-refractivity contribution is -0.384. The quantitative estimate of drug-likeness (QED) is 0.306. The van der Waals surface area contributed by atoms with Crippen LogP contribution in [0.2, 0.25) is 5.02 Å². The molecular weight excluding hydrogens is 530 g/mol. The van der Waals surface area contributed by atoms with Crippen LogP contribution in [0.5, 0.6) is 0 Å². The average Bonchev–Trinajstić information content (AvgIpc) is 2.97. The summed E-state index contributed by atoms with van der Waals surface area (Å²) in [7, 11) is 0. The number of piperazine rings is 1. The van der Waals surface area contributed by atoms with Crippen molar-refractivity contribution >= 4 is 46.2 Å². The molecule has 40 heavy (non-hydrogen) atoms. The van der Waals surface area contributed by atoms with Crippen molar-refractivity contribution < 1.29 is 14.5 Å². The van der Waals surface area contributed by atoms with Crippen molar-refractivity contribution in [1.82, 2.24) is 4.90 Å². The lowest BCUT2D eigenvalue weighted by Crippen LogP contribution is -2.48. The van der Waals surface area contributed by atoms with Gasteiger partial charge in [0, 0.05) is 62.1 Å². The number of hydrogen-bond acceptors (Lipinski definition) is 6. The molecule has 2 fully saturated rings. The summed E-state index contributed by atoms with van der Waals surface area (Å²) in [6.07, 6.45) is 1.97. The van der Waals surface area contributed by atoms with Gasteiger partial charge in [0.15, 0.2) is 0 Å². The summed E-state index contributed by atoms with van der Waals surface area (Å²) in [6, 6.07) is 19.2. The minimum absolute atomic E-state index is 0.0169. The summed E-state index contributed by atoms with van der Waals surface area (Å²) in [5.41, 5.74) is 2.68. The number of benzene rings is 3. The Hall–Kier alpha value is -4.11. The SMILES string of the molecule is CC1CCN(c2ccc(C(=O)Nc3ccc(N4CCN(C(=O)c5ccccc5)CC4)c(Cl)c3)cc2[N+](=O)[O-])CC1. The van der Waals surface area contributed by atoms with Crippen molar-refractivity contribution in [2.45, 2.75) is 19.8 Å². The number of rotatable bonds is 6. The van der Waals surface area contributed by atoms with Crippen LogP contribution >= 0.6 is 11.6 Å². The van der Waals surface area contributed by atoms with Crippen molar-refractivity contribution in [1.29, 1.82) is 0 Å². The van der Waals surface area contributed by atoms with Crippen LogP contribution < -0.4 is 15.1 Å². The van der Waals surface area contributed by atoms with Crippen LogP contribution in [0.4, 0.5) is 22.7 Å². The highest BCUT2D eigenvalue weighted by molar-refractivity contribution is 6.33. The molecule has 2 saturated heterocycles. The third-order valence-corrected chi connectivity index (χ3v) is 8.00. The van der Waals surface area contributed by atoms with Crippen LogP contribution in [0, 0.1) is 16.0 Å². The highest BCUT2D eigenvalue weighted by Crippen LogP contribution is 2.33. The fourth-order valence-corrected chi connectivity index (χ4v) is 5.59. The topological polar surface area (TPSA) is 99.0 Å². The summed E-state index contributed by atoms with van der Waals surface area (Å²) >= 11 is 6.60. The lowest BCUT2D eigenvalue weighted by atomic mass is 9.98. The first-order valence-corrected chi connectivity index (χ1v) is 13.9. The maximum atomic E-state index is 13.0. The number of halogens is 1. The highest BCUT2D eigenvalue weighted by atomic mass is 35.5. The molecule has 208 valence electrons. The number of nitro groups is 1. The molecule has 2 aliphatic heterocycles. The number of anilines is 3. The van der Waals surface area contributed by atoms with Gasteiger partial charge in [-0.3, -0.25) is 19.7 Å². The van der Waals surface area contributed by atoms with E-state index in [0.717, 1.165) is 31.6 Å². The summed E-state index contributed by atoms with van der Waals surface area (Å²) in [6.45, 7) is 6.13. The fraction of sp³-hybridized carbons (Fsp3) is 0.333. The van der Waals surface area contributed by atoms with E-state index in [1.165, 1.54) is 6.07 Å². The Labute approximate surface area is 238 Å². The largest absolute Gasteiger partial charge is 0.367 e. The monoisotopic (exact) mass is 561 g/mol. The molecule has 5 rings (SSSR count). The number of nitro benzene ring substituents is 1. The van der Waals surface area contributed by atoms with E-state index < -0.39 is 10.8 Å². The minimum Gasteiger partial charge on any atom is -0.367 e. The molecule has 0 radical (unpaired) electrons. The number of nitrogens with one attached hydrogen (secondary N) is 1. The van der Waals surface area contributed by atoms with E-state index in [9.17, 15) is 19.7 Å². The first kappa shape index (κ1) is 27.5. The normalized spacial score (nSPS) is 16.1. The van der Waals surface area contributed by atoms with E-state index in [1.807, 2.05) is 46.2 Å². The molecular formula is C30H32ClN5O4. The van der Waals surface area contributed by atoms with Crippen molar-refractivity contribution in [3.05, 3.63) is 93.0 Å². The Balaban J connectivity index is 1.23. The fourth-order valence-electron chi connectivity index (χ4n) is 5.29. The standard InChI is InChI=1S/C30H32ClN5O4/c1-21-11-13-33(14-12-21)27-9-7-23(19-28(27)36(39)40)29(37)32-24-8-10-26(25(31)20-24)34-15-17-35(18-16-34)30(38)22-5-3-2-4-6-22/h2-10,19-21H,11-18H2,1H3,(H,32,37). The van der Waals surface area contributed by atoms with Crippen molar-refractivity contribution in [2.75, 3.05) is 54.4 Å². The molecule has 9 nitrogen and oxygen atoms in total. The van der Waals surface area contributed by atoms with E-state index in [4.69, 9.17) is 11.6 Å². The molecule has 0 atom stereocenters. The van der Waals surface area contributed by atoms with Crippen LogP contribution in [0.1, 0.15) is 40.5 Å². The Morgan fingerprint density at radius 2 is 1.50 bits per heavy atom. The number of hydrogen-bond donors (Lipinski definition) is 1. The molecule has 2 amide bonds. The zero-order valence-electron chi connectivity index (χ0n) is 22.4. The smallest absolute Gasteiger partial charge is 0.293 e. The molecule has 0 aromatic heterocycles. The van der Waals surface area contributed by atoms with E-state index >= 15 is 0 Å². The predicted octanol–water partition coefficient (Wildman–Crippen LogP) is 5.70. The molecule has 3 aromatic carbocycles. The van der Waals surface area contributed by atoms with Gasteiger partial charge in [-0.2, -0.15) is 0 Å². The average molecular weight is 562 g/mol. The molecule has 10 heteroatoms. The van der Waals surface area contributed by atoms with Crippen LogP contribution in [0.15, 0.2) is 66.7 Å². The molecule has 0 spiro atoms. The third-order valence-electron chi connectivity index (χ3n) is 7.69. The Bertz CT molecular complexity index is 1400. The summed E-state index contributed by atoms with van der Waals surface area (Å²) < 4.78 is 0. The second kappa shape index (κ2) is 12.0. The molecule has 2 aliphatic rings. The maximum Gasteiger partial charge on any atom is 0.293 e. The first-order valence-electron chi connectivity index (χ1n) is 13.5. The van der Waals surface area contributed by atoms with Gasteiger partial charge in [0.05, 0.1) is 15.6 Å². The minimum atomic E-state index is -0.446. The first-order chi connectivity index (χ1) is 19.3. The van der Waals surface area contributed by atoms with Gasteiger partial charge < -0.3 is 20.0 Å². The second-order valence-electron chi connectivity index (χ2n) is 10.4. The van der Waals surface area contributed by atoms with Gasteiger partial charge in [-0.15, -0.1) is 0 Å². The predicted molar refractivity (Wildman–Crippen MR) is 158 cm³/mol. The van der Waals surface area contributed by atoms with Crippen LogP contribution in [-0.4, -0.2) is 60.9 Å². The van der Waals surface area contributed by atoms with E-state index in [1.54, 1.807) is 24.3 Å². The Morgan fingerprint density at radius 3 is 2.15 bits per heavy atom. The molecule has 0 unspecified atom stereocenters. The number of carbonyl (C=O) groups is 2. The number of amides is 2. The van der Waals surface area contributed by atoms with Crippen LogP contribution in [0.3, 0.4) is 0 Å². The highest BCUT2D eigenvalue weighted by Gasteiger charge is 2.26. The van der Waals surface area contributed by atoms with Gasteiger partial charge in [0.1, 0.15) is 5.69 Å². The summed E-state index contributed by atoms with van der Waals surface area (Å²) in [4.78, 5) is 43.1. The zero-order valence-corrected chi connectivity index (χ0v) is 23.1. The van der Waals surface area contributed by atoms with Gasteiger partial charge in [-0.1, -0.05) is 36.7 Å². The molecule has 1 N–H and O–H groups in total. The van der Waals surface area contributed by atoms with Crippen molar-refractivity contribution in [2.24, 2.45) is 5.92 Å². The van der Waals surface area contributed by atoms with E-state index in [0.29, 0.717) is 54.1 Å². The van der Waals surface area contributed by atoms with Crippen LogP contribution in [-0.2, 0) is 0 Å². The zero-order chi connectivity index (χ0) is 28.2. The number of piperidine rings is 1. The van der Waals surface area contributed by atoms with Gasteiger partial charge in [0.2, 0.25) is 0 Å². The van der Waals surface area contributed by atoms with Crippen molar-refractivity contribution in [3.63, 3.8) is 0 Å². The van der Waals surface area contributed by atoms with Gasteiger partial charge in [-0.05, 0) is 61.2 Å². The van der Waals surface area contributed by atoms with Crippen LogP contribution in [0.25, 0.3) is 0 Å². The van der Waals surface area contributed by atoms with Crippen molar-refractivity contribution in [3.8, 4) is 0 Å². The second-order valence-corrected chi connectivity index (χ2v) is 10.8. The van der Waals surface area contributed by atoms with Gasteiger partial charge in [-0.25, -0.2) is 0 Å². The maximum absolute atomic E-state index is 13.0. The lowest BCUT2D eigenvalue weighted by Gasteiger charge is -2.36. The van der Waals surface area contributed by atoms with E-state index in [-0.39, 0.29) is 17.2 Å². The molecule has 0 saturated carbocycles.